The van der Waals surface area contributed by atoms with Crippen LogP contribution in [0.1, 0.15) is 12.8 Å². The Morgan fingerprint density at radius 2 is 1.93 bits per heavy atom. The molecule has 84 valence electrons. The van der Waals surface area contributed by atoms with E-state index in [0.29, 0.717) is 19.6 Å². The number of hydrogen-bond acceptors (Lipinski definition) is 3. The van der Waals surface area contributed by atoms with E-state index in [1.54, 1.807) is 11.9 Å². The summed E-state index contributed by atoms with van der Waals surface area (Å²) in [6.45, 7) is 2.01. The maximum absolute atomic E-state index is 11.7. The number of hydrogen-bond donors (Lipinski definition) is 1. The van der Waals surface area contributed by atoms with Crippen LogP contribution in [-0.4, -0.2) is 54.0 Å². The van der Waals surface area contributed by atoms with E-state index < -0.39 is 0 Å². The van der Waals surface area contributed by atoms with Gasteiger partial charge in [0.05, 0.1) is 0 Å². The minimum atomic E-state index is -0.379. The van der Waals surface area contributed by atoms with Gasteiger partial charge in [-0.25, -0.2) is 0 Å². The third-order valence-corrected chi connectivity index (χ3v) is 4.01. The zero-order valence-electron chi connectivity index (χ0n) is 8.90. The van der Waals surface area contributed by atoms with Gasteiger partial charge in [-0.15, -0.1) is 0 Å². The van der Waals surface area contributed by atoms with E-state index in [-0.39, 0.29) is 17.2 Å². The summed E-state index contributed by atoms with van der Waals surface area (Å²) in [6.07, 6.45) is 2.26. The summed E-state index contributed by atoms with van der Waals surface area (Å²) in [7, 11) is 1.67. The second-order valence-corrected chi connectivity index (χ2v) is 4.93. The van der Waals surface area contributed by atoms with E-state index >= 15 is 0 Å². The molecule has 1 heterocycles. The molecule has 0 bridgehead atoms. The Morgan fingerprint density at radius 1 is 1.27 bits per heavy atom. The maximum atomic E-state index is 11.7. The maximum Gasteiger partial charge on any atom is 0.312 e. The molecule has 2 fully saturated rings. The topological polar surface area (TPSA) is 40.6 Å². The normalized spacial score (nSPS) is 24.7. The van der Waals surface area contributed by atoms with E-state index in [4.69, 9.17) is 0 Å². The quantitative estimate of drug-likeness (QED) is 0.545. The van der Waals surface area contributed by atoms with Crippen LogP contribution in [0.25, 0.3) is 0 Å². The Balaban J connectivity index is 1.99. The summed E-state index contributed by atoms with van der Waals surface area (Å²) in [5.41, 5.74) is 0.203. The summed E-state index contributed by atoms with van der Waals surface area (Å²) in [5, 5.41) is 0. The Morgan fingerprint density at radius 3 is 2.47 bits per heavy atom. The fourth-order valence-corrected chi connectivity index (χ4v) is 2.29. The van der Waals surface area contributed by atoms with Gasteiger partial charge < -0.3 is 9.80 Å². The van der Waals surface area contributed by atoms with Crippen molar-refractivity contribution in [2.24, 2.45) is 5.41 Å². The lowest BCUT2D eigenvalue weighted by molar-refractivity contribution is -0.155. The molecule has 2 amide bonds. The van der Waals surface area contributed by atoms with E-state index in [9.17, 15) is 9.59 Å². The predicted octanol–water partition coefficient (Wildman–Crippen LogP) is -0.00300. The second-order valence-electron chi connectivity index (χ2n) is 4.61. The Kier molecular flexibility index (Phi) is 2.66. The standard InChI is InChI=1S/C10H16N2O2S/c1-11-4-5-12(9(14)8(11)13)6-10(7-15)2-3-10/h15H,2-7H2,1H3. The molecule has 0 radical (unpaired) electrons. The molecule has 5 heteroatoms. The second kappa shape index (κ2) is 3.70. The first kappa shape index (κ1) is 10.8. The Hall–Kier alpha value is -0.710. The molecule has 0 aromatic heterocycles. The number of carbonyl (C=O) groups excluding carboxylic acids is 2. The number of carbonyl (C=O) groups is 2. The van der Waals surface area contributed by atoms with E-state index in [1.807, 2.05) is 0 Å². The summed E-state index contributed by atoms with van der Waals surface area (Å²) < 4.78 is 0. The van der Waals surface area contributed by atoms with Gasteiger partial charge >= 0.3 is 11.8 Å². The van der Waals surface area contributed by atoms with Gasteiger partial charge in [0.25, 0.3) is 0 Å². The first-order chi connectivity index (χ1) is 7.08. The van der Waals surface area contributed by atoms with Gasteiger partial charge in [-0.2, -0.15) is 12.6 Å². The van der Waals surface area contributed by atoms with Crippen molar-refractivity contribution < 1.29 is 9.59 Å². The van der Waals surface area contributed by atoms with Gasteiger partial charge in [-0.05, 0) is 24.0 Å². The van der Waals surface area contributed by atoms with Crippen molar-refractivity contribution in [3.05, 3.63) is 0 Å². The van der Waals surface area contributed by atoms with Gasteiger partial charge in [0.2, 0.25) is 0 Å². The first-order valence-electron chi connectivity index (χ1n) is 5.23. The summed E-state index contributed by atoms with van der Waals surface area (Å²) in [5.74, 6) is 0.0777. The Labute approximate surface area is 95.0 Å². The molecule has 0 unspecified atom stereocenters. The third-order valence-electron chi connectivity index (χ3n) is 3.34. The molecular formula is C10H16N2O2S. The zero-order chi connectivity index (χ0) is 11.1. The Bertz CT molecular complexity index is 302. The van der Waals surface area contributed by atoms with Crippen LogP contribution in [0.2, 0.25) is 0 Å². The van der Waals surface area contributed by atoms with Crippen molar-refractivity contribution in [3.63, 3.8) is 0 Å². The first-order valence-corrected chi connectivity index (χ1v) is 5.86. The highest BCUT2D eigenvalue weighted by molar-refractivity contribution is 7.80. The molecule has 0 aromatic carbocycles. The molecule has 2 aliphatic rings. The van der Waals surface area contributed by atoms with Crippen molar-refractivity contribution in [2.45, 2.75) is 12.8 Å². The molecule has 0 spiro atoms. The molecule has 1 aliphatic heterocycles. The molecule has 0 aromatic rings. The van der Waals surface area contributed by atoms with Gasteiger partial charge in [-0.3, -0.25) is 9.59 Å². The molecule has 0 N–H and O–H groups in total. The van der Waals surface area contributed by atoms with Crippen molar-refractivity contribution in [1.29, 1.82) is 0 Å². The van der Waals surface area contributed by atoms with Crippen LogP contribution in [0.5, 0.6) is 0 Å². The molecule has 4 nitrogen and oxygen atoms in total. The average molecular weight is 228 g/mol. The number of piperazine rings is 1. The lowest BCUT2D eigenvalue weighted by atomic mass is 10.1. The molecule has 1 aliphatic carbocycles. The average Bonchev–Trinajstić information content (AvgIpc) is 3.00. The van der Waals surface area contributed by atoms with Crippen LogP contribution in [0, 0.1) is 5.41 Å². The fraction of sp³-hybridized carbons (Fsp3) is 0.800. The summed E-state index contributed by atoms with van der Waals surface area (Å²) in [4.78, 5) is 26.3. The van der Waals surface area contributed by atoms with Crippen molar-refractivity contribution in [2.75, 3.05) is 32.4 Å². The monoisotopic (exact) mass is 228 g/mol. The SMILES string of the molecule is CN1CCN(CC2(CS)CC2)C(=O)C1=O. The van der Waals surface area contributed by atoms with Gasteiger partial charge in [-0.1, -0.05) is 0 Å². The van der Waals surface area contributed by atoms with Crippen LogP contribution in [0.15, 0.2) is 0 Å². The molecule has 15 heavy (non-hydrogen) atoms. The van der Waals surface area contributed by atoms with Crippen molar-refractivity contribution in [1.82, 2.24) is 9.80 Å². The molecular weight excluding hydrogens is 212 g/mol. The van der Waals surface area contributed by atoms with Crippen LogP contribution in [0.4, 0.5) is 0 Å². The van der Waals surface area contributed by atoms with Crippen LogP contribution in [0.3, 0.4) is 0 Å². The zero-order valence-corrected chi connectivity index (χ0v) is 9.80. The van der Waals surface area contributed by atoms with Crippen LogP contribution >= 0.6 is 12.6 Å². The smallest absolute Gasteiger partial charge is 0.312 e. The molecule has 2 rings (SSSR count). The summed E-state index contributed by atoms with van der Waals surface area (Å²) in [6, 6.07) is 0. The van der Waals surface area contributed by atoms with Gasteiger partial charge in [0.1, 0.15) is 0 Å². The minimum absolute atomic E-state index is 0.203. The predicted molar refractivity (Wildman–Crippen MR) is 59.7 cm³/mol. The molecule has 1 saturated carbocycles. The molecule has 1 saturated heterocycles. The number of thiol groups is 1. The van der Waals surface area contributed by atoms with Crippen molar-refractivity contribution >= 4 is 24.4 Å². The summed E-state index contributed by atoms with van der Waals surface area (Å²) >= 11 is 4.30. The van der Waals surface area contributed by atoms with Crippen LogP contribution < -0.4 is 0 Å². The highest BCUT2D eigenvalue weighted by atomic mass is 32.1. The third kappa shape index (κ3) is 1.97. The number of nitrogens with zero attached hydrogens (tertiary/aromatic N) is 2. The minimum Gasteiger partial charge on any atom is -0.336 e. The number of likely N-dealkylation sites (N-methyl/N-ethyl adjacent to an activating group) is 1. The lowest BCUT2D eigenvalue weighted by Gasteiger charge is -2.33. The largest absolute Gasteiger partial charge is 0.336 e. The molecule has 0 atom stereocenters. The van der Waals surface area contributed by atoms with E-state index in [0.717, 1.165) is 18.6 Å². The fourth-order valence-electron chi connectivity index (χ4n) is 1.87. The highest BCUT2D eigenvalue weighted by Crippen LogP contribution is 2.47. The number of rotatable bonds is 3. The number of amides is 2. The van der Waals surface area contributed by atoms with Gasteiger partial charge in [0, 0.05) is 26.7 Å². The van der Waals surface area contributed by atoms with Gasteiger partial charge in [0.15, 0.2) is 0 Å². The van der Waals surface area contributed by atoms with Crippen molar-refractivity contribution in [3.8, 4) is 0 Å². The highest BCUT2D eigenvalue weighted by Gasteiger charge is 2.45. The van der Waals surface area contributed by atoms with Crippen LogP contribution in [-0.2, 0) is 9.59 Å². The lowest BCUT2D eigenvalue weighted by Crippen LogP contribution is -2.54. The van der Waals surface area contributed by atoms with E-state index in [1.165, 1.54) is 4.90 Å². The van der Waals surface area contributed by atoms with E-state index in [2.05, 4.69) is 12.6 Å².